The average molecular weight is 655 g/mol. The first-order valence-electron chi connectivity index (χ1n) is 13.3. The zero-order chi connectivity index (χ0) is 33.9. The van der Waals surface area contributed by atoms with Gasteiger partial charge in [0.15, 0.2) is 0 Å². The van der Waals surface area contributed by atoms with Crippen LogP contribution in [-0.4, -0.2) is 39.8 Å². The van der Waals surface area contributed by atoms with Crippen LogP contribution in [0, 0.1) is 20.2 Å². The molecule has 6 aromatic rings. The van der Waals surface area contributed by atoms with E-state index >= 15 is 0 Å². The van der Waals surface area contributed by atoms with Gasteiger partial charge in [0.2, 0.25) is 17.2 Å². The van der Waals surface area contributed by atoms with Crippen molar-refractivity contribution in [3.05, 3.63) is 154 Å². The van der Waals surface area contributed by atoms with Crippen LogP contribution in [0.2, 0.25) is 5.28 Å². The van der Waals surface area contributed by atoms with Crippen LogP contribution in [0.3, 0.4) is 0 Å². The van der Waals surface area contributed by atoms with Crippen molar-refractivity contribution >= 4 is 57.6 Å². The van der Waals surface area contributed by atoms with Gasteiger partial charge in [-0.05, 0) is 78.3 Å². The molecule has 0 fully saturated rings. The molecule has 3 heterocycles. The SMILES string of the molecule is Clc1ncccn1.Nc1ccc(Nc2ncccn2)cc1.Nc1ccc([N+](=O)[O-])cc1.O=[N+]([O-])c1ccc(Nc2ncccn2)cc1. The minimum absolute atomic E-state index is 0.0551. The third kappa shape index (κ3) is 13.6. The van der Waals surface area contributed by atoms with Crippen molar-refractivity contribution < 1.29 is 9.85 Å². The predicted molar refractivity (Wildman–Crippen MR) is 179 cm³/mol. The minimum Gasteiger partial charge on any atom is -0.399 e. The zero-order valence-electron chi connectivity index (χ0n) is 24.4. The molecule has 0 spiro atoms. The van der Waals surface area contributed by atoms with Crippen LogP contribution in [-0.2, 0) is 0 Å². The number of benzene rings is 3. The Balaban J connectivity index is 0.000000177. The second-order valence-corrected chi connectivity index (χ2v) is 9.03. The molecule has 6 rings (SSSR count). The topological polar surface area (TPSA) is 240 Å². The number of hydrogen-bond donors (Lipinski definition) is 4. The molecule has 0 saturated carbocycles. The van der Waals surface area contributed by atoms with Crippen molar-refractivity contribution in [2.45, 2.75) is 0 Å². The van der Waals surface area contributed by atoms with Gasteiger partial charge in [0.05, 0.1) is 9.85 Å². The lowest BCUT2D eigenvalue weighted by Gasteiger charge is -2.03. The summed E-state index contributed by atoms with van der Waals surface area (Å²) in [7, 11) is 0. The van der Waals surface area contributed by atoms with Crippen LogP contribution in [0.15, 0.2) is 128 Å². The molecule has 0 unspecified atom stereocenters. The maximum absolute atomic E-state index is 10.4. The summed E-state index contributed by atoms with van der Waals surface area (Å²) in [6, 6.07) is 24.4. The number of aromatic nitrogens is 6. The number of hydrogen-bond acceptors (Lipinski definition) is 14. The van der Waals surface area contributed by atoms with E-state index in [1.807, 2.05) is 24.3 Å². The van der Waals surface area contributed by atoms with E-state index in [2.05, 4.69) is 40.5 Å². The molecular weight excluding hydrogens is 628 g/mol. The van der Waals surface area contributed by atoms with Crippen LogP contribution in [0.25, 0.3) is 0 Å². The van der Waals surface area contributed by atoms with Gasteiger partial charge in [0.1, 0.15) is 0 Å². The average Bonchev–Trinajstić information content (AvgIpc) is 3.08. The Labute approximate surface area is 272 Å². The molecule has 47 heavy (non-hydrogen) atoms. The molecule has 238 valence electrons. The molecule has 0 aliphatic rings. The van der Waals surface area contributed by atoms with Gasteiger partial charge in [-0.1, -0.05) is 0 Å². The summed E-state index contributed by atoms with van der Waals surface area (Å²) in [5, 5.41) is 26.8. The number of nitro groups is 2. The molecule has 0 aliphatic heterocycles. The Morgan fingerprint density at radius 1 is 0.511 bits per heavy atom. The van der Waals surface area contributed by atoms with Gasteiger partial charge in [-0.25, -0.2) is 29.9 Å². The number of rotatable bonds is 6. The molecule has 0 saturated heterocycles. The van der Waals surface area contributed by atoms with Gasteiger partial charge in [0.25, 0.3) is 11.4 Å². The Kier molecular flexibility index (Phi) is 13.8. The second-order valence-electron chi connectivity index (χ2n) is 8.69. The number of halogens is 1. The minimum atomic E-state index is -0.459. The van der Waals surface area contributed by atoms with Gasteiger partial charge in [-0.15, -0.1) is 0 Å². The third-order valence-electron chi connectivity index (χ3n) is 5.27. The van der Waals surface area contributed by atoms with E-state index in [1.54, 1.807) is 67.5 Å². The molecule has 0 radical (unpaired) electrons. The first kappa shape index (κ1) is 34.7. The Hall–Kier alpha value is -6.81. The van der Waals surface area contributed by atoms with E-state index in [-0.39, 0.29) is 11.4 Å². The number of nitrogens with zero attached hydrogens (tertiary/aromatic N) is 8. The molecule has 16 nitrogen and oxygen atoms in total. The largest absolute Gasteiger partial charge is 0.399 e. The molecule has 3 aromatic carbocycles. The van der Waals surface area contributed by atoms with Crippen LogP contribution in [0.4, 0.5) is 46.0 Å². The smallest absolute Gasteiger partial charge is 0.269 e. The summed E-state index contributed by atoms with van der Waals surface area (Å²) in [4.78, 5) is 42.9. The number of nitrogens with one attached hydrogen (secondary N) is 2. The summed E-state index contributed by atoms with van der Waals surface area (Å²) in [6.45, 7) is 0. The van der Waals surface area contributed by atoms with E-state index in [9.17, 15) is 20.2 Å². The first-order valence-corrected chi connectivity index (χ1v) is 13.7. The fraction of sp³-hybridized carbons (Fsp3) is 0. The zero-order valence-corrected chi connectivity index (χ0v) is 25.1. The third-order valence-corrected chi connectivity index (χ3v) is 5.47. The first-order chi connectivity index (χ1) is 22.7. The molecule has 3 aromatic heterocycles. The summed E-state index contributed by atoms with van der Waals surface area (Å²) < 4.78 is 0. The van der Waals surface area contributed by atoms with Gasteiger partial charge in [0, 0.05) is 84.2 Å². The van der Waals surface area contributed by atoms with Gasteiger partial charge in [-0.3, -0.25) is 20.2 Å². The molecule has 0 amide bonds. The Bertz CT molecular complexity index is 1790. The van der Waals surface area contributed by atoms with E-state index < -0.39 is 9.85 Å². The van der Waals surface area contributed by atoms with E-state index in [0.29, 0.717) is 28.6 Å². The van der Waals surface area contributed by atoms with Crippen LogP contribution in [0.5, 0.6) is 0 Å². The molecule has 6 N–H and O–H groups in total. The quantitative estimate of drug-likeness (QED) is 0.0672. The fourth-order valence-electron chi connectivity index (χ4n) is 3.10. The number of nitro benzene ring substituents is 2. The number of nitrogens with two attached hydrogens (primary N) is 2. The van der Waals surface area contributed by atoms with Crippen molar-refractivity contribution in [1.82, 2.24) is 29.9 Å². The van der Waals surface area contributed by atoms with Crippen molar-refractivity contribution in [2.75, 3.05) is 22.1 Å². The van der Waals surface area contributed by atoms with Gasteiger partial charge < -0.3 is 22.1 Å². The van der Waals surface area contributed by atoms with E-state index in [0.717, 1.165) is 11.4 Å². The normalized spacial score (nSPS) is 9.47. The van der Waals surface area contributed by atoms with E-state index in [1.165, 1.54) is 36.4 Å². The highest BCUT2D eigenvalue weighted by Gasteiger charge is 2.04. The lowest BCUT2D eigenvalue weighted by molar-refractivity contribution is -0.385. The standard InChI is InChI=1S/C10H8N4O2.C10H10N4.C6H6N2O2.C4H3ClN2/c15-14(16)9-4-2-8(3-5-9)13-10-11-6-1-7-12-10;11-8-2-4-9(5-3-8)14-10-12-6-1-7-13-10;7-5-1-3-6(4-2-5)8(9)10;5-4-6-2-1-3-7-4/h1-7H,(H,11,12,13);1-7H,11H2,(H,12,13,14);1-4H,7H2;1-3H. The monoisotopic (exact) mass is 654 g/mol. The van der Waals surface area contributed by atoms with Crippen LogP contribution >= 0.6 is 11.6 Å². The maximum atomic E-state index is 10.4. The summed E-state index contributed by atoms with van der Waals surface area (Å²) in [5.41, 5.74) is 13.9. The van der Waals surface area contributed by atoms with Gasteiger partial charge in [-0.2, -0.15) is 0 Å². The number of anilines is 6. The van der Waals surface area contributed by atoms with Crippen molar-refractivity contribution in [3.8, 4) is 0 Å². The molecular formula is C30H27ClN12O4. The lowest BCUT2D eigenvalue weighted by Crippen LogP contribution is -1.95. The van der Waals surface area contributed by atoms with Crippen molar-refractivity contribution in [3.63, 3.8) is 0 Å². The highest BCUT2D eigenvalue weighted by Crippen LogP contribution is 2.17. The van der Waals surface area contributed by atoms with Crippen LogP contribution < -0.4 is 22.1 Å². The summed E-state index contributed by atoms with van der Waals surface area (Å²) >= 11 is 5.32. The highest BCUT2D eigenvalue weighted by atomic mass is 35.5. The van der Waals surface area contributed by atoms with Crippen molar-refractivity contribution in [1.29, 1.82) is 0 Å². The molecule has 0 aliphatic carbocycles. The lowest BCUT2D eigenvalue weighted by atomic mass is 10.3. The Morgan fingerprint density at radius 2 is 0.809 bits per heavy atom. The van der Waals surface area contributed by atoms with Crippen LogP contribution in [0.1, 0.15) is 0 Å². The predicted octanol–water partition coefficient (Wildman–Crippen LogP) is 6.24. The van der Waals surface area contributed by atoms with Crippen molar-refractivity contribution in [2.24, 2.45) is 0 Å². The molecule has 0 atom stereocenters. The van der Waals surface area contributed by atoms with Gasteiger partial charge >= 0.3 is 0 Å². The summed E-state index contributed by atoms with van der Waals surface area (Å²) in [5.74, 6) is 1.04. The second kappa shape index (κ2) is 18.8. The molecule has 17 heteroatoms. The molecule has 0 bridgehead atoms. The highest BCUT2D eigenvalue weighted by molar-refractivity contribution is 6.28. The van der Waals surface area contributed by atoms with E-state index in [4.69, 9.17) is 23.1 Å². The fourth-order valence-corrected chi connectivity index (χ4v) is 3.21. The Morgan fingerprint density at radius 3 is 1.13 bits per heavy atom. The summed E-state index contributed by atoms with van der Waals surface area (Å²) in [6.07, 6.45) is 9.78. The number of non-ortho nitro benzene ring substituents is 2. The number of nitrogen functional groups attached to an aromatic ring is 2. The maximum Gasteiger partial charge on any atom is 0.269 e.